The lowest BCUT2D eigenvalue weighted by Crippen LogP contribution is -2.38. The van der Waals surface area contributed by atoms with Gasteiger partial charge in [-0.2, -0.15) is 13.2 Å². The van der Waals surface area contributed by atoms with Crippen LogP contribution in [-0.2, 0) is 21.2 Å². The van der Waals surface area contributed by atoms with E-state index in [0.717, 1.165) is 4.31 Å². The largest absolute Gasteiger partial charge is 0.389 e. The highest BCUT2D eigenvalue weighted by Gasteiger charge is 2.39. The predicted molar refractivity (Wildman–Crippen MR) is 138 cm³/mol. The summed E-state index contributed by atoms with van der Waals surface area (Å²) in [5, 5.41) is 5.65. The van der Waals surface area contributed by atoms with E-state index in [0.29, 0.717) is 54.9 Å². The Labute approximate surface area is 224 Å². The van der Waals surface area contributed by atoms with Crippen molar-refractivity contribution in [3.05, 3.63) is 52.2 Å². The van der Waals surface area contributed by atoms with E-state index in [1.54, 1.807) is 6.07 Å². The number of amides is 2. The van der Waals surface area contributed by atoms with Crippen LogP contribution in [0.15, 0.2) is 36.1 Å². The Morgan fingerprint density at radius 2 is 2.00 bits per heavy atom. The summed E-state index contributed by atoms with van der Waals surface area (Å²) in [4.78, 5) is 26.4. The van der Waals surface area contributed by atoms with Crippen LogP contribution < -0.4 is 10.6 Å². The van der Waals surface area contributed by atoms with Gasteiger partial charge in [-0.3, -0.25) is 13.9 Å². The second-order valence-corrected chi connectivity index (χ2v) is 12.5. The Hall–Kier alpha value is -2.57. The lowest BCUT2D eigenvalue weighted by Gasteiger charge is -2.32. The molecule has 2 fully saturated rings. The molecule has 1 aliphatic carbocycles. The lowest BCUT2D eigenvalue weighted by molar-refractivity contribution is -0.136. The summed E-state index contributed by atoms with van der Waals surface area (Å²) in [6.45, 7) is 5.40. The molecule has 4 rings (SSSR count). The number of carbonyl (C=O) groups excluding carboxylic acids is 2. The van der Waals surface area contributed by atoms with E-state index < -0.39 is 34.6 Å². The van der Waals surface area contributed by atoms with Crippen molar-refractivity contribution in [1.29, 1.82) is 0 Å². The second-order valence-electron chi connectivity index (χ2n) is 10.0. The van der Waals surface area contributed by atoms with Crippen LogP contribution >= 0.6 is 11.6 Å². The molecule has 1 saturated heterocycles. The third-order valence-electron chi connectivity index (χ3n) is 7.13. The molecule has 1 aromatic rings. The number of rotatable bonds is 9. The van der Waals surface area contributed by atoms with Gasteiger partial charge in [0.15, 0.2) is 0 Å². The molecule has 0 aromatic heterocycles. The highest BCUT2D eigenvalue weighted by Crippen LogP contribution is 2.37. The first-order valence-corrected chi connectivity index (χ1v) is 14.3. The summed E-state index contributed by atoms with van der Waals surface area (Å²) in [5.74, 6) is -0.782. The van der Waals surface area contributed by atoms with Crippen LogP contribution in [0.3, 0.4) is 0 Å². The van der Waals surface area contributed by atoms with Crippen LogP contribution in [0.2, 0.25) is 5.02 Å². The summed E-state index contributed by atoms with van der Waals surface area (Å²) in [6, 6.07) is 2.57. The van der Waals surface area contributed by atoms with E-state index in [4.69, 9.17) is 11.6 Å². The molecule has 2 heterocycles. The van der Waals surface area contributed by atoms with Crippen molar-refractivity contribution in [2.45, 2.75) is 44.3 Å². The molecule has 2 aliphatic heterocycles. The van der Waals surface area contributed by atoms with Crippen molar-refractivity contribution in [1.82, 2.24) is 14.5 Å². The van der Waals surface area contributed by atoms with Crippen LogP contribution in [0.4, 0.5) is 18.9 Å². The Kier molecular flexibility index (Phi) is 8.15. The first-order valence-electron chi connectivity index (χ1n) is 12.3. The number of piperidine rings is 1. The maximum Gasteiger partial charge on any atom is 0.389 e. The molecule has 1 atom stereocenters. The Balaban J connectivity index is 1.28. The highest BCUT2D eigenvalue weighted by molar-refractivity contribution is 7.89. The molecule has 0 bridgehead atoms. The minimum Gasteiger partial charge on any atom is -0.341 e. The molecule has 3 aliphatic rings. The quantitative estimate of drug-likeness (QED) is 0.469. The molecule has 2 amide bonds. The number of alkyl halides is 3. The molecule has 2 N–H and O–H groups in total. The fraction of sp³-hybridized carbons (Fsp3) is 0.520. The zero-order valence-corrected chi connectivity index (χ0v) is 22.5. The maximum atomic E-state index is 12.9. The number of hydrogen-bond acceptors (Lipinski definition) is 5. The monoisotopic (exact) mass is 574 g/mol. The van der Waals surface area contributed by atoms with Gasteiger partial charge in [0.05, 0.1) is 28.8 Å². The van der Waals surface area contributed by atoms with Crippen molar-refractivity contribution in [2.24, 2.45) is 5.92 Å². The summed E-state index contributed by atoms with van der Waals surface area (Å²) in [7, 11) is -2.21. The van der Waals surface area contributed by atoms with Crippen molar-refractivity contribution < 1.29 is 31.2 Å². The van der Waals surface area contributed by atoms with Crippen molar-refractivity contribution >= 4 is 39.1 Å². The van der Waals surface area contributed by atoms with Crippen molar-refractivity contribution in [3.8, 4) is 0 Å². The summed E-state index contributed by atoms with van der Waals surface area (Å²) in [6.07, 6.45) is -2.12. The van der Waals surface area contributed by atoms with Gasteiger partial charge in [-0.05, 0) is 68.1 Å². The van der Waals surface area contributed by atoms with E-state index in [2.05, 4.69) is 17.2 Å². The second kappa shape index (κ2) is 10.9. The van der Waals surface area contributed by atoms with Crippen LogP contribution in [-0.4, -0.2) is 74.1 Å². The number of anilines is 1. The topological polar surface area (TPSA) is 98.8 Å². The van der Waals surface area contributed by atoms with Crippen LogP contribution in [0, 0.1) is 5.92 Å². The van der Waals surface area contributed by atoms with E-state index in [1.165, 1.54) is 19.3 Å². The minimum atomic E-state index is -4.16. The lowest BCUT2D eigenvalue weighted by atomic mass is 9.99. The number of benzene rings is 1. The average Bonchev–Trinajstić information content (AvgIpc) is 3.23. The smallest absolute Gasteiger partial charge is 0.341 e. The first kappa shape index (κ1) is 28.4. The average molecular weight is 575 g/mol. The van der Waals surface area contributed by atoms with Gasteiger partial charge in [-0.1, -0.05) is 18.2 Å². The van der Waals surface area contributed by atoms with Gasteiger partial charge in [-0.15, -0.1) is 0 Å². The molecule has 0 unspecified atom stereocenters. The third kappa shape index (κ3) is 6.89. The highest BCUT2D eigenvalue weighted by atomic mass is 35.5. The van der Waals surface area contributed by atoms with Gasteiger partial charge in [0.25, 0.3) is 5.91 Å². The fourth-order valence-corrected chi connectivity index (χ4v) is 6.50. The SMILES string of the molecule is C=C1/C(=C/N(C)S(=O)(=O)CC2CCN(CCCC(F)(F)F)CC2)[C@@H]1NC(=O)c1cc2c(cc1Cl)NC(=O)C2. The van der Waals surface area contributed by atoms with Crippen LogP contribution in [0.5, 0.6) is 0 Å². The molecular formula is C25H30ClF3N4O4S. The molecule has 13 heteroatoms. The van der Waals surface area contributed by atoms with E-state index in [9.17, 15) is 31.2 Å². The van der Waals surface area contributed by atoms with Gasteiger partial charge in [-0.25, -0.2) is 8.42 Å². The van der Waals surface area contributed by atoms with Crippen LogP contribution in [0.1, 0.15) is 41.6 Å². The Morgan fingerprint density at radius 1 is 1.32 bits per heavy atom. The zero-order valence-electron chi connectivity index (χ0n) is 20.9. The number of sulfonamides is 1. The van der Waals surface area contributed by atoms with E-state index in [-0.39, 0.29) is 41.0 Å². The normalized spacial score (nSPS) is 21.4. The number of nitrogens with one attached hydrogen (secondary N) is 2. The van der Waals surface area contributed by atoms with E-state index >= 15 is 0 Å². The minimum absolute atomic E-state index is 0.0416. The standard InChI is InChI=1S/C25H30ClF3N4O4S/c1-15-19(23(15)31-24(35)18-10-17-11-22(34)30-21(17)12-20(18)26)13-32(2)38(36,37)14-16-4-8-33(9-5-16)7-3-6-25(27,28)29/h10,12-13,16,23H,1,3-9,11,14H2,2H3,(H,30,34)(H,31,35)/b19-13-/t23-/m1/s1. The van der Waals surface area contributed by atoms with Crippen LogP contribution in [0.25, 0.3) is 0 Å². The molecular weight excluding hydrogens is 545 g/mol. The fourth-order valence-electron chi connectivity index (χ4n) is 4.81. The first-order chi connectivity index (χ1) is 17.7. The van der Waals surface area contributed by atoms with Gasteiger partial charge >= 0.3 is 6.18 Å². The molecule has 0 spiro atoms. The van der Waals surface area contributed by atoms with Crippen molar-refractivity contribution in [3.63, 3.8) is 0 Å². The number of hydrogen-bond donors (Lipinski definition) is 2. The number of likely N-dealkylation sites (tertiary alicyclic amines) is 1. The predicted octanol–water partition coefficient (Wildman–Crippen LogP) is 3.70. The zero-order chi connectivity index (χ0) is 27.8. The van der Waals surface area contributed by atoms with Crippen molar-refractivity contribution in [2.75, 3.05) is 37.8 Å². The van der Waals surface area contributed by atoms with Gasteiger partial charge < -0.3 is 15.5 Å². The maximum absolute atomic E-state index is 12.9. The number of carbonyl (C=O) groups is 2. The number of nitrogens with zero attached hydrogens (tertiary/aromatic N) is 2. The molecule has 208 valence electrons. The van der Waals surface area contributed by atoms with E-state index in [1.807, 2.05) is 4.90 Å². The molecule has 0 radical (unpaired) electrons. The molecule has 1 saturated carbocycles. The third-order valence-corrected chi connectivity index (χ3v) is 9.32. The summed E-state index contributed by atoms with van der Waals surface area (Å²) in [5.41, 5.74) is 2.63. The molecule has 1 aromatic carbocycles. The number of halogens is 4. The Morgan fingerprint density at radius 3 is 2.66 bits per heavy atom. The molecule has 8 nitrogen and oxygen atoms in total. The van der Waals surface area contributed by atoms with Gasteiger partial charge in [0.1, 0.15) is 0 Å². The Bertz CT molecular complexity index is 1270. The summed E-state index contributed by atoms with van der Waals surface area (Å²) < 4.78 is 64.1. The summed E-state index contributed by atoms with van der Waals surface area (Å²) >= 11 is 6.23. The molecule has 38 heavy (non-hydrogen) atoms. The number of fused-ring (bicyclic) bond motifs is 1. The van der Waals surface area contributed by atoms with Gasteiger partial charge in [0, 0.05) is 30.9 Å². The van der Waals surface area contributed by atoms with Gasteiger partial charge in [0.2, 0.25) is 15.9 Å².